The SMILES string of the molecule is CCCCCCCCCCCCCCCCCCCCCC/C=C/CC/C=C/CC/C=C/C(O)C(COC1OC(CO)C(OC2OC(CO)C(OC3OC(CO)C(O)C(O)C3O)C(O)C2O)C(O)C1O)NC(=O)CCCCCCCCCCCC. The standard InChI is InChI=1S/C66H121NO18/c1-3-5-7-9-11-13-15-16-17-18-19-20-21-22-23-24-25-26-27-28-29-30-31-32-33-34-35-37-39-41-43-50(71)49(67-54(72)44-42-40-38-36-14-12-10-8-6-4-2)48-80-64-60(78)57(75)62(52(46-69)82-64)85-66-61(79)58(76)63(53(47-70)83-66)84-65-59(77)56(74)55(73)51(45-68)81-65/h30-31,34-35,41,43,49-53,55-66,68-71,73-79H,3-29,32-33,36-40,42,44-48H2,1-2H3,(H,67,72)/b31-30+,35-34+,43-41+. The third-order valence-electron chi connectivity index (χ3n) is 16.9. The molecule has 17 unspecified atom stereocenters. The average molecular weight is 1220 g/mol. The van der Waals surface area contributed by atoms with Gasteiger partial charge in [-0.05, 0) is 44.9 Å². The Balaban J connectivity index is 1.41. The van der Waals surface area contributed by atoms with Gasteiger partial charge in [-0.1, -0.05) is 230 Å². The fourth-order valence-corrected chi connectivity index (χ4v) is 11.4. The van der Waals surface area contributed by atoms with E-state index in [9.17, 15) is 61.0 Å². The first-order valence-corrected chi connectivity index (χ1v) is 33.7. The molecule has 3 saturated heterocycles. The van der Waals surface area contributed by atoms with Crippen LogP contribution in [-0.4, -0.2) is 193 Å². The van der Waals surface area contributed by atoms with Crippen molar-refractivity contribution in [2.45, 2.75) is 349 Å². The molecule has 0 aromatic carbocycles. The fraction of sp³-hybridized carbons (Fsp3) is 0.894. The monoisotopic (exact) mass is 1220 g/mol. The highest BCUT2D eigenvalue weighted by molar-refractivity contribution is 5.76. The smallest absolute Gasteiger partial charge is 0.220 e. The second kappa shape index (κ2) is 48.8. The molecule has 0 aromatic rings. The Morgan fingerprint density at radius 2 is 0.753 bits per heavy atom. The number of allylic oxidation sites excluding steroid dienone is 5. The van der Waals surface area contributed by atoms with Crippen molar-refractivity contribution in [2.75, 3.05) is 26.4 Å². The number of nitrogens with one attached hydrogen (secondary N) is 1. The van der Waals surface area contributed by atoms with E-state index in [1.54, 1.807) is 6.08 Å². The lowest BCUT2D eigenvalue weighted by Gasteiger charge is -2.48. The maximum Gasteiger partial charge on any atom is 0.220 e. The van der Waals surface area contributed by atoms with Crippen molar-refractivity contribution in [3.8, 4) is 0 Å². The van der Waals surface area contributed by atoms with Crippen LogP contribution in [0.3, 0.4) is 0 Å². The van der Waals surface area contributed by atoms with Crippen molar-refractivity contribution in [3.05, 3.63) is 36.5 Å². The van der Waals surface area contributed by atoms with Gasteiger partial charge < -0.3 is 89.9 Å². The minimum absolute atomic E-state index is 0.234. The molecule has 17 atom stereocenters. The highest BCUT2D eigenvalue weighted by Gasteiger charge is 2.53. The van der Waals surface area contributed by atoms with Crippen molar-refractivity contribution >= 4 is 5.91 Å². The summed E-state index contributed by atoms with van der Waals surface area (Å²) in [5.41, 5.74) is 0. The molecule has 3 fully saturated rings. The lowest BCUT2D eigenvalue weighted by Crippen LogP contribution is -2.66. The lowest BCUT2D eigenvalue weighted by atomic mass is 9.96. The molecule has 3 heterocycles. The topological polar surface area (TPSA) is 307 Å². The summed E-state index contributed by atoms with van der Waals surface area (Å²) < 4.78 is 34.2. The van der Waals surface area contributed by atoms with Crippen LogP contribution >= 0.6 is 0 Å². The van der Waals surface area contributed by atoms with Gasteiger partial charge in [0.25, 0.3) is 0 Å². The number of aliphatic hydroxyl groups is 11. The van der Waals surface area contributed by atoms with Crippen molar-refractivity contribution in [1.29, 1.82) is 0 Å². The highest BCUT2D eigenvalue weighted by atomic mass is 16.8. The van der Waals surface area contributed by atoms with Gasteiger partial charge in [0.15, 0.2) is 18.9 Å². The van der Waals surface area contributed by atoms with E-state index < -0.39 is 124 Å². The number of hydrogen-bond acceptors (Lipinski definition) is 18. The molecular weight excluding hydrogens is 1090 g/mol. The number of carbonyl (C=O) groups is 1. The van der Waals surface area contributed by atoms with E-state index in [0.717, 1.165) is 44.9 Å². The summed E-state index contributed by atoms with van der Waals surface area (Å²) in [6.45, 7) is 1.69. The third kappa shape index (κ3) is 31.5. The largest absolute Gasteiger partial charge is 0.394 e. The van der Waals surface area contributed by atoms with Crippen LogP contribution in [0.1, 0.15) is 245 Å². The van der Waals surface area contributed by atoms with Gasteiger partial charge in [0.2, 0.25) is 5.91 Å². The number of amides is 1. The van der Waals surface area contributed by atoms with Gasteiger partial charge in [-0.15, -0.1) is 0 Å². The maximum absolute atomic E-state index is 13.3. The van der Waals surface area contributed by atoms with E-state index in [1.807, 2.05) is 6.08 Å². The van der Waals surface area contributed by atoms with Crippen LogP contribution in [0.4, 0.5) is 0 Å². The van der Waals surface area contributed by atoms with Crippen LogP contribution in [0.5, 0.6) is 0 Å². The summed E-state index contributed by atoms with van der Waals surface area (Å²) in [6.07, 6.45) is 28.8. The molecule has 0 saturated carbocycles. The van der Waals surface area contributed by atoms with Crippen molar-refractivity contribution in [3.63, 3.8) is 0 Å². The van der Waals surface area contributed by atoms with Gasteiger partial charge in [-0.25, -0.2) is 0 Å². The molecule has 3 aliphatic rings. The average Bonchev–Trinajstić information content (AvgIpc) is 2.67. The van der Waals surface area contributed by atoms with Gasteiger partial charge in [0.05, 0.1) is 38.6 Å². The van der Waals surface area contributed by atoms with Gasteiger partial charge in [-0.2, -0.15) is 0 Å². The fourth-order valence-electron chi connectivity index (χ4n) is 11.4. The number of unbranched alkanes of at least 4 members (excludes halogenated alkanes) is 31. The number of hydrogen-bond donors (Lipinski definition) is 12. The molecule has 1 amide bonds. The molecule has 0 aromatic heterocycles. The Hall–Kier alpha value is -1.99. The molecule has 3 rings (SSSR count). The Kier molecular flexibility index (Phi) is 44.4. The summed E-state index contributed by atoms with van der Waals surface area (Å²) in [5.74, 6) is -0.291. The Morgan fingerprint density at radius 1 is 0.412 bits per heavy atom. The molecule has 0 bridgehead atoms. The molecule has 19 nitrogen and oxygen atoms in total. The van der Waals surface area contributed by atoms with Gasteiger partial charge >= 0.3 is 0 Å². The molecule has 12 N–H and O–H groups in total. The van der Waals surface area contributed by atoms with Gasteiger partial charge in [0, 0.05) is 6.42 Å². The quantitative estimate of drug-likeness (QED) is 0.0202. The van der Waals surface area contributed by atoms with E-state index in [4.69, 9.17) is 28.4 Å². The first kappa shape index (κ1) is 77.3. The molecule has 3 aliphatic heterocycles. The first-order chi connectivity index (χ1) is 41.3. The van der Waals surface area contributed by atoms with Gasteiger partial charge in [-0.3, -0.25) is 4.79 Å². The van der Waals surface area contributed by atoms with Crippen LogP contribution < -0.4 is 5.32 Å². The molecular formula is C66H121NO18. The minimum atomic E-state index is -1.98. The molecule has 0 aliphatic carbocycles. The zero-order chi connectivity index (χ0) is 61.9. The zero-order valence-corrected chi connectivity index (χ0v) is 52.3. The number of rotatable bonds is 51. The summed E-state index contributed by atoms with van der Waals surface area (Å²) >= 11 is 0. The number of carbonyl (C=O) groups excluding carboxylic acids is 1. The van der Waals surface area contributed by atoms with Crippen LogP contribution in [0.2, 0.25) is 0 Å². The van der Waals surface area contributed by atoms with Crippen LogP contribution in [0, 0.1) is 0 Å². The predicted molar refractivity (Wildman–Crippen MR) is 328 cm³/mol. The second-order valence-electron chi connectivity index (χ2n) is 24.3. The van der Waals surface area contributed by atoms with E-state index >= 15 is 0 Å². The van der Waals surface area contributed by atoms with Crippen molar-refractivity contribution < 1.29 is 89.4 Å². The van der Waals surface area contributed by atoms with Crippen LogP contribution in [0.25, 0.3) is 0 Å². The molecule has 498 valence electrons. The summed E-state index contributed by atoms with van der Waals surface area (Å²) in [4.78, 5) is 13.3. The number of ether oxygens (including phenoxy) is 6. The van der Waals surface area contributed by atoms with Crippen molar-refractivity contribution in [2.24, 2.45) is 0 Å². The van der Waals surface area contributed by atoms with Gasteiger partial charge in [0.1, 0.15) is 73.2 Å². The lowest BCUT2D eigenvalue weighted by molar-refractivity contribution is -0.379. The zero-order valence-electron chi connectivity index (χ0n) is 52.3. The highest BCUT2D eigenvalue weighted by Crippen LogP contribution is 2.33. The second-order valence-corrected chi connectivity index (χ2v) is 24.3. The van der Waals surface area contributed by atoms with E-state index in [-0.39, 0.29) is 18.9 Å². The Bertz CT molecular complexity index is 1690. The molecule has 0 spiro atoms. The normalized spacial score (nSPS) is 29.2. The number of aliphatic hydroxyl groups excluding tert-OH is 11. The van der Waals surface area contributed by atoms with E-state index in [2.05, 4.69) is 43.5 Å². The summed E-state index contributed by atoms with van der Waals surface area (Å²) in [6, 6.07) is -0.992. The maximum atomic E-state index is 13.3. The Labute approximate surface area is 511 Å². The van der Waals surface area contributed by atoms with E-state index in [1.165, 1.54) is 167 Å². The Morgan fingerprint density at radius 3 is 1.18 bits per heavy atom. The predicted octanol–water partition coefficient (Wildman–Crippen LogP) is 8.05. The molecule has 19 heteroatoms. The third-order valence-corrected chi connectivity index (χ3v) is 16.9. The van der Waals surface area contributed by atoms with Crippen LogP contribution in [-0.2, 0) is 33.2 Å². The van der Waals surface area contributed by atoms with Crippen molar-refractivity contribution in [1.82, 2.24) is 5.32 Å². The molecule has 85 heavy (non-hydrogen) atoms. The molecule has 0 radical (unpaired) electrons. The first-order valence-electron chi connectivity index (χ1n) is 33.7. The van der Waals surface area contributed by atoms with E-state index in [0.29, 0.717) is 12.8 Å². The summed E-state index contributed by atoms with van der Waals surface area (Å²) in [7, 11) is 0. The summed E-state index contributed by atoms with van der Waals surface area (Å²) in [5, 5.41) is 120. The minimum Gasteiger partial charge on any atom is -0.394 e. The van der Waals surface area contributed by atoms with Crippen LogP contribution in [0.15, 0.2) is 36.5 Å².